The minimum absolute atomic E-state index is 0.0821. The Morgan fingerprint density at radius 1 is 1.12 bits per heavy atom. The molecule has 136 valence electrons. The minimum atomic E-state index is -0.996. The molecule has 2 rings (SSSR count). The van der Waals surface area contributed by atoms with E-state index in [-0.39, 0.29) is 11.4 Å². The molecular formula is C18H18N2O6. The van der Waals surface area contributed by atoms with Crippen molar-refractivity contribution in [2.24, 2.45) is 0 Å². The van der Waals surface area contributed by atoms with Gasteiger partial charge in [-0.3, -0.25) is 14.9 Å². The lowest BCUT2D eigenvalue weighted by Crippen LogP contribution is -2.31. The molecule has 0 radical (unpaired) electrons. The average molecular weight is 358 g/mol. The standard InChI is InChI=1S/C18H18N2O6/c1-12-3-5-14(6-4-12)19-18(22)13(2)26-17(21)11-25-16-9-7-15(8-10-16)20(23)24/h3-10,13H,11H2,1-2H3,(H,19,22)/t13-/m0/s1. The molecule has 26 heavy (non-hydrogen) atoms. The Morgan fingerprint density at radius 2 is 1.73 bits per heavy atom. The first-order chi connectivity index (χ1) is 12.3. The zero-order chi connectivity index (χ0) is 19.1. The van der Waals surface area contributed by atoms with Gasteiger partial charge in [0, 0.05) is 17.8 Å². The summed E-state index contributed by atoms with van der Waals surface area (Å²) in [4.78, 5) is 33.8. The number of nitrogens with zero attached hydrogens (tertiary/aromatic N) is 1. The van der Waals surface area contributed by atoms with Gasteiger partial charge in [0.1, 0.15) is 5.75 Å². The number of hydrogen-bond acceptors (Lipinski definition) is 6. The second-order valence-corrected chi connectivity index (χ2v) is 5.53. The van der Waals surface area contributed by atoms with E-state index in [1.165, 1.54) is 31.2 Å². The number of ether oxygens (including phenoxy) is 2. The molecule has 2 aromatic rings. The molecule has 0 aliphatic heterocycles. The summed E-state index contributed by atoms with van der Waals surface area (Å²) in [5.41, 5.74) is 1.58. The van der Waals surface area contributed by atoms with Crippen LogP contribution in [0.2, 0.25) is 0 Å². The Labute approximate surface area is 149 Å². The van der Waals surface area contributed by atoms with Crippen molar-refractivity contribution >= 4 is 23.3 Å². The van der Waals surface area contributed by atoms with Crippen LogP contribution in [0.4, 0.5) is 11.4 Å². The van der Waals surface area contributed by atoms with Crippen molar-refractivity contribution in [3.63, 3.8) is 0 Å². The maximum Gasteiger partial charge on any atom is 0.344 e. The summed E-state index contributed by atoms with van der Waals surface area (Å²) in [5.74, 6) is -0.906. The van der Waals surface area contributed by atoms with Gasteiger partial charge in [-0.1, -0.05) is 17.7 Å². The first-order valence-electron chi connectivity index (χ1n) is 7.79. The van der Waals surface area contributed by atoms with Gasteiger partial charge in [0.15, 0.2) is 12.7 Å². The van der Waals surface area contributed by atoms with Gasteiger partial charge >= 0.3 is 5.97 Å². The second-order valence-electron chi connectivity index (χ2n) is 5.53. The number of nitro benzene ring substituents is 1. The van der Waals surface area contributed by atoms with Crippen LogP contribution in [0.25, 0.3) is 0 Å². The number of anilines is 1. The Morgan fingerprint density at radius 3 is 2.31 bits per heavy atom. The van der Waals surface area contributed by atoms with Gasteiger partial charge < -0.3 is 14.8 Å². The summed E-state index contributed by atoms with van der Waals surface area (Å²) in [7, 11) is 0. The smallest absolute Gasteiger partial charge is 0.344 e. The Bertz CT molecular complexity index is 786. The number of carbonyl (C=O) groups excluding carboxylic acids is 2. The van der Waals surface area contributed by atoms with Crippen molar-refractivity contribution in [1.29, 1.82) is 0 Å². The van der Waals surface area contributed by atoms with Crippen molar-refractivity contribution in [3.8, 4) is 5.75 Å². The fourth-order valence-electron chi connectivity index (χ4n) is 1.97. The van der Waals surface area contributed by atoms with Crippen molar-refractivity contribution in [2.45, 2.75) is 20.0 Å². The molecule has 0 aliphatic rings. The molecule has 0 bridgehead atoms. The van der Waals surface area contributed by atoms with Crippen molar-refractivity contribution in [1.82, 2.24) is 0 Å². The Hall–Kier alpha value is -3.42. The topological polar surface area (TPSA) is 108 Å². The largest absolute Gasteiger partial charge is 0.482 e. The van der Waals surface area contributed by atoms with E-state index in [0.717, 1.165) is 5.56 Å². The van der Waals surface area contributed by atoms with Crippen LogP contribution in [0.5, 0.6) is 5.75 Å². The molecule has 8 nitrogen and oxygen atoms in total. The molecule has 0 unspecified atom stereocenters. The van der Waals surface area contributed by atoms with Gasteiger partial charge in [-0.05, 0) is 38.1 Å². The average Bonchev–Trinajstić information content (AvgIpc) is 2.62. The van der Waals surface area contributed by atoms with E-state index in [1.54, 1.807) is 12.1 Å². The molecule has 1 N–H and O–H groups in total. The first-order valence-corrected chi connectivity index (χ1v) is 7.79. The molecule has 1 atom stereocenters. The number of non-ortho nitro benzene ring substituents is 1. The molecule has 0 saturated heterocycles. The van der Waals surface area contributed by atoms with E-state index in [9.17, 15) is 19.7 Å². The molecule has 0 heterocycles. The third-order valence-electron chi connectivity index (χ3n) is 3.40. The molecule has 1 amide bonds. The maximum atomic E-state index is 12.0. The number of carbonyl (C=O) groups is 2. The third-order valence-corrected chi connectivity index (χ3v) is 3.40. The lowest BCUT2D eigenvalue weighted by molar-refractivity contribution is -0.384. The van der Waals surface area contributed by atoms with Crippen molar-refractivity contribution in [3.05, 3.63) is 64.2 Å². The van der Waals surface area contributed by atoms with E-state index in [0.29, 0.717) is 5.69 Å². The number of nitrogens with one attached hydrogen (secondary N) is 1. The fourth-order valence-corrected chi connectivity index (χ4v) is 1.97. The van der Waals surface area contributed by atoms with Gasteiger partial charge in [-0.2, -0.15) is 0 Å². The van der Waals surface area contributed by atoms with Gasteiger partial charge in [0.2, 0.25) is 0 Å². The number of nitro groups is 1. The van der Waals surface area contributed by atoms with Crippen LogP contribution < -0.4 is 10.1 Å². The first kappa shape index (κ1) is 18.9. The molecule has 0 aliphatic carbocycles. The highest BCUT2D eigenvalue weighted by atomic mass is 16.6. The van der Waals surface area contributed by atoms with E-state index in [2.05, 4.69) is 5.32 Å². The molecular weight excluding hydrogens is 340 g/mol. The highest BCUT2D eigenvalue weighted by molar-refractivity contribution is 5.95. The summed E-state index contributed by atoms with van der Waals surface area (Å²) in [6, 6.07) is 12.5. The fraction of sp³-hybridized carbons (Fsp3) is 0.222. The summed E-state index contributed by atoms with van der Waals surface area (Å²) >= 11 is 0. The van der Waals surface area contributed by atoms with E-state index < -0.39 is 29.5 Å². The third kappa shape index (κ3) is 5.59. The predicted molar refractivity (Wildman–Crippen MR) is 94.0 cm³/mol. The maximum absolute atomic E-state index is 12.0. The molecule has 0 spiro atoms. The van der Waals surface area contributed by atoms with Crippen LogP contribution in [-0.4, -0.2) is 29.5 Å². The quantitative estimate of drug-likeness (QED) is 0.463. The summed E-state index contributed by atoms with van der Waals surface area (Å²) < 4.78 is 10.2. The van der Waals surface area contributed by atoms with E-state index >= 15 is 0 Å². The molecule has 0 saturated carbocycles. The van der Waals surface area contributed by atoms with Gasteiger partial charge in [0.05, 0.1) is 4.92 Å². The van der Waals surface area contributed by atoms with Crippen molar-refractivity contribution in [2.75, 3.05) is 11.9 Å². The van der Waals surface area contributed by atoms with Crippen LogP contribution in [-0.2, 0) is 14.3 Å². The van der Waals surface area contributed by atoms with Crippen LogP contribution in [0.3, 0.4) is 0 Å². The molecule has 0 aromatic heterocycles. The normalized spacial score (nSPS) is 11.3. The van der Waals surface area contributed by atoms with Crippen LogP contribution >= 0.6 is 0 Å². The monoisotopic (exact) mass is 358 g/mol. The van der Waals surface area contributed by atoms with Gasteiger partial charge in [-0.25, -0.2) is 4.79 Å². The van der Waals surface area contributed by atoms with E-state index in [4.69, 9.17) is 9.47 Å². The second kappa shape index (κ2) is 8.61. The summed E-state index contributed by atoms with van der Waals surface area (Å²) in [6.45, 7) is 2.97. The number of hydrogen-bond donors (Lipinski definition) is 1. The predicted octanol–water partition coefficient (Wildman–Crippen LogP) is 2.85. The number of amides is 1. The zero-order valence-electron chi connectivity index (χ0n) is 14.3. The zero-order valence-corrected chi connectivity index (χ0v) is 14.3. The molecule has 2 aromatic carbocycles. The van der Waals surface area contributed by atoms with E-state index in [1.807, 2.05) is 19.1 Å². The van der Waals surface area contributed by atoms with Crippen LogP contribution in [0, 0.1) is 17.0 Å². The highest BCUT2D eigenvalue weighted by Gasteiger charge is 2.18. The highest BCUT2D eigenvalue weighted by Crippen LogP contribution is 2.17. The van der Waals surface area contributed by atoms with Gasteiger partial charge in [0.25, 0.3) is 11.6 Å². The lowest BCUT2D eigenvalue weighted by Gasteiger charge is -2.14. The number of esters is 1. The minimum Gasteiger partial charge on any atom is -0.482 e. The Balaban J connectivity index is 1.79. The number of rotatable bonds is 7. The summed E-state index contributed by atoms with van der Waals surface area (Å²) in [5, 5.41) is 13.2. The van der Waals surface area contributed by atoms with Gasteiger partial charge in [-0.15, -0.1) is 0 Å². The summed E-state index contributed by atoms with van der Waals surface area (Å²) in [6.07, 6.45) is -0.996. The van der Waals surface area contributed by atoms with Crippen LogP contribution in [0.15, 0.2) is 48.5 Å². The number of benzene rings is 2. The lowest BCUT2D eigenvalue weighted by atomic mass is 10.2. The van der Waals surface area contributed by atoms with Crippen LogP contribution in [0.1, 0.15) is 12.5 Å². The van der Waals surface area contributed by atoms with Crippen molar-refractivity contribution < 1.29 is 24.0 Å². The molecule has 8 heteroatoms. The number of aryl methyl sites for hydroxylation is 1. The Kier molecular flexibility index (Phi) is 6.26. The SMILES string of the molecule is Cc1ccc(NC(=O)[C@H](C)OC(=O)COc2ccc([N+](=O)[O-])cc2)cc1. The molecule has 0 fully saturated rings.